The lowest BCUT2D eigenvalue weighted by atomic mass is 9.95. The van der Waals surface area contributed by atoms with Gasteiger partial charge < -0.3 is 9.57 Å². The van der Waals surface area contributed by atoms with Crippen LogP contribution in [0.15, 0.2) is 41.6 Å². The molecular formula is C30H45N3O2. The fraction of sp³-hybridized carbons (Fsp3) is 0.600. The molecule has 2 heterocycles. The van der Waals surface area contributed by atoms with Crippen molar-refractivity contribution in [3.63, 3.8) is 0 Å². The maximum atomic E-state index is 6.25. The molecule has 2 atom stereocenters. The summed E-state index contributed by atoms with van der Waals surface area (Å²) in [7, 11) is 0. The van der Waals surface area contributed by atoms with Crippen molar-refractivity contribution in [3.8, 4) is 0 Å². The quantitative estimate of drug-likeness (QED) is 0.253. The van der Waals surface area contributed by atoms with Crippen molar-refractivity contribution < 1.29 is 9.57 Å². The number of pyridine rings is 1. The highest BCUT2D eigenvalue weighted by Crippen LogP contribution is 2.22. The summed E-state index contributed by atoms with van der Waals surface area (Å²) < 4.78 is 6.25. The largest absolute Gasteiger partial charge is 0.395 e. The van der Waals surface area contributed by atoms with E-state index in [-0.39, 0.29) is 12.0 Å². The van der Waals surface area contributed by atoms with Gasteiger partial charge in [-0.15, -0.1) is 0 Å². The number of ether oxygens (including phenoxy) is 1. The Kier molecular flexibility index (Phi) is 10.7. The van der Waals surface area contributed by atoms with Gasteiger partial charge in [0, 0.05) is 37.7 Å². The van der Waals surface area contributed by atoms with Gasteiger partial charge in [0.05, 0.1) is 24.1 Å². The summed E-state index contributed by atoms with van der Waals surface area (Å²) in [6.07, 6.45) is 4.21. The fourth-order valence-electron chi connectivity index (χ4n) is 4.92. The van der Waals surface area contributed by atoms with Crippen LogP contribution in [0, 0.1) is 11.8 Å². The summed E-state index contributed by atoms with van der Waals surface area (Å²) in [5.41, 5.74) is 7.62. The Hall–Kier alpha value is -2.24. The van der Waals surface area contributed by atoms with E-state index in [1.807, 2.05) is 6.07 Å². The average Bonchev–Trinajstić information content (AvgIpc) is 2.87. The predicted molar refractivity (Wildman–Crippen MR) is 145 cm³/mol. The molecule has 0 aliphatic carbocycles. The Morgan fingerprint density at radius 3 is 2.57 bits per heavy atom. The molecule has 1 aromatic carbocycles. The number of aromatic nitrogens is 1. The number of aryl methyl sites for hydroxylation is 2. The molecule has 3 rings (SSSR count). The number of hydrogen-bond donors (Lipinski definition) is 0. The van der Waals surface area contributed by atoms with Crippen molar-refractivity contribution in [2.24, 2.45) is 17.0 Å². The topological polar surface area (TPSA) is 47.0 Å². The first-order chi connectivity index (χ1) is 16.9. The van der Waals surface area contributed by atoms with Gasteiger partial charge in [0.25, 0.3) is 0 Å². The summed E-state index contributed by atoms with van der Waals surface area (Å²) in [4.78, 5) is 13.3. The zero-order valence-electron chi connectivity index (χ0n) is 22.7. The molecule has 192 valence electrons. The number of oxime groups is 1. The summed E-state index contributed by atoms with van der Waals surface area (Å²) >= 11 is 0. The lowest BCUT2D eigenvalue weighted by molar-refractivity contribution is -0.0483. The van der Waals surface area contributed by atoms with Crippen molar-refractivity contribution in [1.29, 1.82) is 0 Å². The first-order valence-corrected chi connectivity index (χ1v) is 13.4. The molecule has 1 aromatic heterocycles. The molecule has 0 bridgehead atoms. The van der Waals surface area contributed by atoms with E-state index in [1.54, 1.807) is 0 Å². The molecule has 1 aliphatic heterocycles. The van der Waals surface area contributed by atoms with Gasteiger partial charge in [-0.2, -0.15) is 0 Å². The second-order valence-electron chi connectivity index (χ2n) is 10.3. The summed E-state index contributed by atoms with van der Waals surface area (Å²) in [6.45, 7) is 17.3. The van der Waals surface area contributed by atoms with E-state index in [0.717, 1.165) is 51.0 Å². The zero-order chi connectivity index (χ0) is 25.2. The molecule has 35 heavy (non-hydrogen) atoms. The second-order valence-corrected chi connectivity index (χ2v) is 10.3. The van der Waals surface area contributed by atoms with Crippen LogP contribution in [0.3, 0.4) is 0 Å². The van der Waals surface area contributed by atoms with E-state index in [2.05, 4.69) is 81.9 Å². The third kappa shape index (κ3) is 8.15. The second kappa shape index (κ2) is 13.7. The van der Waals surface area contributed by atoms with Gasteiger partial charge in [-0.05, 0) is 48.8 Å². The van der Waals surface area contributed by atoms with Crippen LogP contribution in [0.4, 0.5) is 0 Å². The highest BCUT2D eigenvalue weighted by molar-refractivity contribution is 5.81. The van der Waals surface area contributed by atoms with E-state index in [9.17, 15) is 0 Å². The number of fused-ring (bicyclic) bond motifs is 1. The maximum absolute atomic E-state index is 6.25. The number of benzene rings is 1. The number of nitrogens with zero attached hydrogens (tertiary/aromatic N) is 3. The summed E-state index contributed by atoms with van der Waals surface area (Å²) in [5, 5.41) is 4.42. The monoisotopic (exact) mass is 479 g/mol. The molecule has 1 aliphatic rings. The van der Waals surface area contributed by atoms with Gasteiger partial charge in [0.2, 0.25) is 0 Å². The Bertz CT molecular complexity index is 942. The molecule has 0 radical (unpaired) electrons. The van der Waals surface area contributed by atoms with Gasteiger partial charge >= 0.3 is 0 Å². The minimum Gasteiger partial charge on any atom is -0.395 e. The van der Waals surface area contributed by atoms with E-state index in [4.69, 9.17) is 14.6 Å². The Morgan fingerprint density at radius 2 is 1.89 bits per heavy atom. The highest BCUT2D eigenvalue weighted by Gasteiger charge is 2.23. The van der Waals surface area contributed by atoms with E-state index < -0.39 is 0 Å². The van der Waals surface area contributed by atoms with Crippen LogP contribution in [-0.2, 0) is 42.0 Å². The Labute approximate surface area is 212 Å². The lowest BCUT2D eigenvalue weighted by Gasteiger charge is -2.29. The number of hydrogen-bond acceptors (Lipinski definition) is 5. The SMILES string of the molecule is CCc1cc2c(nc1CC)CN(CC/C(C)=N/OC[C@@H](C)[C@H](OCc1ccccc1)C(C)C)CC2. The molecule has 0 spiro atoms. The van der Waals surface area contributed by atoms with Crippen LogP contribution in [0.5, 0.6) is 0 Å². The number of rotatable bonds is 13. The normalized spacial score (nSPS) is 16.3. The van der Waals surface area contributed by atoms with Crippen molar-refractivity contribution in [2.45, 2.75) is 86.5 Å². The fourth-order valence-corrected chi connectivity index (χ4v) is 4.92. The summed E-state index contributed by atoms with van der Waals surface area (Å²) in [6, 6.07) is 12.7. The molecule has 5 nitrogen and oxygen atoms in total. The average molecular weight is 480 g/mol. The molecule has 0 unspecified atom stereocenters. The Balaban J connectivity index is 1.44. The van der Waals surface area contributed by atoms with Crippen molar-refractivity contribution in [2.75, 3.05) is 19.7 Å². The van der Waals surface area contributed by atoms with Gasteiger partial charge in [-0.25, -0.2) is 0 Å². The third-order valence-corrected chi connectivity index (χ3v) is 7.00. The zero-order valence-corrected chi connectivity index (χ0v) is 22.7. The van der Waals surface area contributed by atoms with E-state index in [0.29, 0.717) is 19.1 Å². The van der Waals surface area contributed by atoms with E-state index >= 15 is 0 Å². The highest BCUT2D eigenvalue weighted by atomic mass is 16.6. The molecular weight excluding hydrogens is 434 g/mol. The van der Waals surface area contributed by atoms with Gasteiger partial charge in [-0.1, -0.05) is 76.2 Å². The van der Waals surface area contributed by atoms with Gasteiger partial charge in [-0.3, -0.25) is 9.88 Å². The van der Waals surface area contributed by atoms with Crippen LogP contribution in [0.1, 0.15) is 76.0 Å². The molecule has 0 fully saturated rings. The minimum atomic E-state index is 0.132. The standard InChI is InChI=1S/C30H45N3O2/c1-7-26-18-27-15-17-33(19-29(27)31-28(26)8-2)16-14-24(6)32-35-20-23(5)30(22(3)4)34-21-25-12-10-9-11-13-25/h9-13,18,22-23,30H,7-8,14-17,19-21H2,1-6H3/b32-24+/t23-,30-/m1/s1. The Morgan fingerprint density at radius 1 is 1.11 bits per heavy atom. The molecule has 0 N–H and O–H groups in total. The van der Waals surface area contributed by atoms with Gasteiger partial charge in [0.15, 0.2) is 0 Å². The smallest absolute Gasteiger partial charge is 0.122 e. The van der Waals surface area contributed by atoms with E-state index in [1.165, 1.54) is 28.1 Å². The van der Waals surface area contributed by atoms with Crippen LogP contribution < -0.4 is 0 Å². The van der Waals surface area contributed by atoms with Crippen molar-refractivity contribution in [3.05, 3.63) is 64.5 Å². The van der Waals surface area contributed by atoms with Crippen molar-refractivity contribution in [1.82, 2.24) is 9.88 Å². The summed E-state index contributed by atoms with van der Waals surface area (Å²) in [5.74, 6) is 0.681. The van der Waals surface area contributed by atoms with Crippen LogP contribution in [-0.4, -0.2) is 41.4 Å². The molecule has 0 amide bonds. The predicted octanol–water partition coefficient (Wildman–Crippen LogP) is 6.22. The molecule has 2 aromatic rings. The van der Waals surface area contributed by atoms with Crippen LogP contribution in [0.25, 0.3) is 0 Å². The first kappa shape index (κ1) is 27.3. The van der Waals surface area contributed by atoms with Crippen molar-refractivity contribution >= 4 is 5.71 Å². The lowest BCUT2D eigenvalue weighted by Crippen LogP contribution is -2.33. The van der Waals surface area contributed by atoms with Crippen LogP contribution in [0.2, 0.25) is 0 Å². The maximum Gasteiger partial charge on any atom is 0.122 e. The van der Waals surface area contributed by atoms with Gasteiger partial charge in [0.1, 0.15) is 6.61 Å². The third-order valence-electron chi connectivity index (χ3n) is 7.00. The molecule has 0 saturated carbocycles. The first-order valence-electron chi connectivity index (χ1n) is 13.4. The molecule has 5 heteroatoms. The van der Waals surface area contributed by atoms with Crippen LogP contribution >= 0.6 is 0 Å². The minimum absolute atomic E-state index is 0.132. The molecule has 0 saturated heterocycles.